The predicted molar refractivity (Wildman–Crippen MR) is 76.5 cm³/mol. The number of nitrogens with zero attached hydrogens (tertiary/aromatic N) is 1. The number of hydrogen-bond donors (Lipinski definition) is 2. The molecule has 0 fully saturated rings. The van der Waals surface area contributed by atoms with Gasteiger partial charge in [0.2, 0.25) is 0 Å². The molecule has 3 N–H and O–H groups in total. The Kier molecular flexibility index (Phi) is 4.05. The van der Waals surface area contributed by atoms with E-state index in [9.17, 15) is 9.18 Å². The van der Waals surface area contributed by atoms with E-state index in [2.05, 4.69) is 5.32 Å². The molecule has 0 heterocycles. The maximum absolute atomic E-state index is 13.7. The van der Waals surface area contributed by atoms with Crippen LogP contribution in [0.2, 0.25) is 0 Å². The SMILES string of the molecule is COc1cccc(C#N)c1NC(=O)c1ccc(N)cc1F. The van der Waals surface area contributed by atoms with Gasteiger partial charge in [0.25, 0.3) is 5.91 Å². The highest BCUT2D eigenvalue weighted by molar-refractivity contribution is 6.06. The zero-order valence-electron chi connectivity index (χ0n) is 11.2. The van der Waals surface area contributed by atoms with Crippen LogP contribution in [0.15, 0.2) is 36.4 Å². The average molecular weight is 285 g/mol. The normalized spacial score (nSPS) is 9.76. The monoisotopic (exact) mass is 285 g/mol. The van der Waals surface area contributed by atoms with E-state index in [4.69, 9.17) is 15.7 Å². The summed E-state index contributed by atoms with van der Waals surface area (Å²) in [6, 6.07) is 10.4. The lowest BCUT2D eigenvalue weighted by atomic mass is 10.1. The van der Waals surface area contributed by atoms with Gasteiger partial charge in [-0.05, 0) is 30.3 Å². The molecule has 2 aromatic carbocycles. The first kappa shape index (κ1) is 14.3. The third-order valence-electron chi connectivity index (χ3n) is 2.84. The number of rotatable bonds is 3. The summed E-state index contributed by atoms with van der Waals surface area (Å²) in [5.41, 5.74) is 5.91. The van der Waals surface area contributed by atoms with Gasteiger partial charge >= 0.3 is 0 Å². The number of nitrogens with one attached hydrogen (secondary N) is 1. The molecule has 0 aromatic heterocycles. The Morgan fingerprint density at radius 3 is 2.76 bits per heavy atom. The van der Waals surface area contributed by atoms with Crippen molar-refractivity contribution in [2.24, 2.45) is 0 Å². The number of benzene rings is 2. The van der Waals surface area contributed by atoms with Crippen LogP contribution in [0.5, 0.6) is 5.75 Å². The molecule has 0 bridgehead atoms. The van der Waals surface area contributed by atoms with Crippen molar-refractivity contribution in [1.82, 2.24) is 0 Å². The Labute approximate surface area is 120 Å². The lowest BCUT2D eigenvalue weighted by Gasteiger charge is -2.12. The van der Waals surface area contributed by atoms with Crippen LogP contribution in [0, 0.1) is 17.1 Å². The van der Waals surface area contributed by atoms with Crippen LogP contribution in [-0.4, -0.2) is 13.0 Å². The van der Waals surface area contributed by atoms with Gasteiger partial charge in [-0.1, -0.05) is 6.07 Å². The Morgan fingerprint density at radius 2 is 2.14 bits per heavy atom. The second-order valence-corrected chi connectivity index (χ2v) is 4.19. The molecule has 0 radical (unpaired) electrons. The van der Waals surface area contributed by atoms with E-state index in [-0.39, 0.29) is 22.5 Å². The Bertz CT molecular complexity index is 738. The van der Waals surface area contributed by atoms with Crippen LogP contribution in [-0.2, 0) is 0 Å². The number of para-hydroxylation sites is 1. The van der Waals surface area contributed by atoms with Gasteiger partial charge in [-0.3, -0.25) is 4.79 Å². The molecule has 106 valence electrons. The highest BCUT2D eigenvalue weighted by Gasteiger charge is 2.16. The van der Waals surface area contributed by atoms with E-state index in [1.807, 2.05) is 6.07 Å². The summed E-state index contributed by atoms with van der Waals surface area (Å²) in [5, 5.41) is 11.6. The topological polar surface area (TPSA) is 88.1 Å². The van der Waals surface area contributed by atoms with Crippen LogP contribution in [0.3, 0.4) is 0 Å². The number of carbonyl (C=O) groups excluding carboxylic acids is 1. The van der Waals surface area contributed by atoms with E-state index < -0.39 is 11.7 Å². The number of nitrogens with two attached hydrogens (primary N) is 1. The summed E-state index contributed by atoms with van der Waals surface area (Å²) in [6.07, 6.45) is 0. The van der Waals surface area contributed by atoms with Gasteiger partial charge in [-0.25, -0.2) is 4.39 Å². The van der Waals surface area contributed by atoms with Gasteiger partial charge in [0.1, 0.15) is 23.3 Å². The quantitative estimate of drug-likeness (QED) is 0.848. The summed E-state index contributed by atoms with van der Waals surface area (Å²) in [5.74, 6) is -1.10. The Morgan fingerprint density at radius 1 is 1.38 bits per heavy atom. The van der Waals surface area contributed by atoms with Crippen molar-refractivity contribution in [3.8, 4) is 11.8 Å². The largest absolute Gasteiger partial charge is 0.495 e. The Hall–Kier alpha value is -3.07. The van der Waals surface area contributed by atoms with Crippen LogP contribution in [0.4, 0.5) is 15.8 Å². The van der Waals surface area contributed by atoms with Crippen LogP contribution < -0.4 is 15.8 Å². The number of anilines is 2. The minimum Gasteiger partial charge on any atom is -0.495 e. The van der Waals surface area contributed by atoms with Crippen molar-refractivity contribution in [3.63, 3.8) is 0 Å². The van der Waals surface area contributed by atoms with Crippen molar-refractivity contribution in [2.75, 3.05) is 18.2 Å². The third kappa shape index (κ3) is 2.92. The minimum absolute atomic E-state index is 0.168. The van der Waals surface area contributed by atoms with Gasteiger partial charge in [-0.15, -0.1) is 0 Å². The molecule has 0 aliphatic heterocycles. The van der Waals surface area contributed by atoms with E-state index in [0.717, 1.165) is 6.07 Å². The average Bonchev–Trinajstić information content (AvgIpc) is 2.47. The summed E-state index contributed by atoms with van der Waals surface area (Å²) in [6.45, 7) is 0. The summed E-state index contributed by atoms with van der Waals surface area (Å²) >= 11 is 0. The number of carbonyl (C=O) groups is 1. The standard InChI is InChI=1S/C15H12FN3O2/c1-21-13-4-2-3-9(8-17)14(13)19-15(20)11-6-5-10(18)7-12(11)16/h2-7H,18H2,1H3,(H,19,20). The molecule has 0 aliphatic rings. The van der Waals surface area contributed by atoms with Gasteiger partial charge in [-0.2, -0.15) is 5.26 Å². The molecule has 2 rings (SSSR count). The van der Waals surface area contributed by atoms with Crippen molar-refractivity contribution in [1.29, 1.82) is 5.26 Å². The number of nitriles is 1. The van der Waals surface area contributed by atoms with Crippen molar-refractivity contribution < 1.29 is 13.9 Å². The number of methoxy groups -OCH3 is 1. The van der Waals surface area contributed by atoms with Gasteiger partial charge < -0.3 is 15.8 Å². The molecular weight excluding hydrogens is 273 g/mol. The highest BCUT2D eigenvalue weighted by Crippen LogP contribution is 2.28. The molecule has 1 amide bonds. The van der Waals surface area contributed by atoms with Gasteiger partial charge in [0, 0.05) is 5.69 Å². The zero-order chi connectivity index (χ0) is 15.4. The molecule has 0 aliphatic carbocycles. The maximum Gasteiger partial charge on any atom is 0.258 e. The summed E-state index contributed by atoms with van der Waals surface area (Å²) < 4.78 is 18.8. The van der Waals surface area contributed by atoms with E-state index in [1.165, 1.54) is 25.3 Å². The van der Waals surface area contributed by atoms with Crippen LogP contribution >= 0.6 is 0 Å². The van der Waals surface area contributed by atoms with Crippen molar-refractivity contribution in [3.05, 3.63) is 53.3 Å². The molecule has 21 heavy (non-hydrogen) atoms. The fraction of sp³-hybridized carbons (Fsp3) is 0.0667. The summed E-state index contributed by atoms with van der Waals surface area (Å²) in [4.78, 5) is 12.1. The molecular formula is C15H12FN3O2. The lowest BCUT2D eigenvalue weighted by Crippen LogP contribution is -2.15. The first-order chi connectivity index (χ1) is 10.1. The summed E-state index contributed by atoms with van der Waals surface area (Å²) in [7, 11) is 1.41. The Balaban J connectivity index is 2.38. The highest BCUT2D eigenvalue weighted by atomic mass is 19.1. The van der Waals surface area contributed by atoms with Crippen molar-refractivity contribution in [2.45, 2.75) is 0 Å². The molecule has 0 saturated heterocycles. The number of halogens is 1. The van der Waals surface area contributed by atoms with Gasteiger partial charge in [0.05, 0.1) is 18.2 Å². The molecule has 0 saturated carbocycles. The van der Waals surface area contributed by atoms with Crippen molar-refractivity contribution >= 4 is 17.3 Å². The maximum atomic E-state index is 13.7. The second kappa shape index (κ2) is 5.92. The molecule has 6 heteroatoms. The fourth-order valence-electron chi connectivity index (χ4n) is 1.82. The number of amides is 1. The van der Waals surface area contributed by atoms with Crippen LogP contribution in [0.25, 0.3) is 0 Å². The number of ether oxygens (including phenoxy) is 1. The molecule has 2 aromatic rings. The second-order valence-electron chi connectivity index (χ2n) is 4.19. The van der Waals surface area contributed by atoms with E-state index in [1.54, 1.807) is 12.1 Å². The zero-order valence-corrected chi connectivity index (χ0v) is 11.2. The number of hydrogen-bond acceptors (Lipinski definition) is 4. The van der Waals surface area contributed by atoms with E-state index >= 15 is 0 Å². The molecule has 0 spiro atoms. The molecule has 0 unspecified atom stereocenters. The minimum atomic E-state index is -0.735. The smallest absolute Gasteiger partial charge is 0.258 e. The lowest BCUT2D eigenvalue weighted by molar-refractivity contribution is 0.102. The van der Waals surface area contributed by atoms with Gasteiger partial charge in [0.15, 0.2) is 0 Å². The molecule has 5 nitrogen and oxygen atoms in total. The molecule has 0 atom stereocenters. The number of nitrogen functional groups attached to an aromatic ring is 1. The predicted octanol–water partition coefficient (Wildman–Crippen LogP) is 2.54. The van der Waals surface area contributed by atoms with Crippen LogP contribution in [0.1, 0.15) is 15.9 Å². The first-order valence-electron chi connectivity index (χ1n) is 6.00. The third-order valence-corrected chi connectivity index (χ3v) is 2.84. The van der Waals surface area contributed by atoms with E-state index in [0.29, 0.717) is 5.75 Å². The first-order valence-corrected chi connectivity index (χ1v) is 6.00. The fourth-order valence-corrected chi connectivity index (χ4v) is 1.82.